The van der Waals surface area contributed by atoms with E-state index < -0.39 is 16.6 Å². The maximum atomic E-state index is 13.0. The molecule has 0 radical (unpaired) electrons. The van der Waals surface area contributed by atoms with Crippen molar-refractivity contribution in [1.29, 1.82) is 0 Å². The van der Waals surface area contributed by atoms with Crippen molar-refractivity contribution in [3.63, 3.8) is 0 Å². The van der Waals surface area contributed by atoms with E-state index in [1.54, 1.807) is 7.11 Å². The molecule has 0 aromatic rings. The average Bonchev–Trinajstić information content (AvgIpc) is 3.11. The summed E-state index contributed by atoms with van der Waals surface area (Å²) >= 11 is 0. The van der Waals surface area contributed by atoms with Crippen LogP contribution in [0.1, 0.15) is 65.2 Å². The topological polar surface area (TPSA) is 102 Å². The van der Waals surface area contributed by atoms with E-state index in [4.69, 9.17) is 14.8 Å². The molecular weight excluding hydrogens is 428 g/mol. The van der Waals surface area contributed by atoms with Gasteiger partial charge in [0.15, 0.2) is 0 Å². The highest BCUT2D eigenvalue weighted by Crippen LogP contribution is 2.32. The number of hydrogen-bond acceptors (Lipinski definition) is 6. The molecule has 2 unspecified atom stereocenters. The van der Waals surface area contributed by atoms with Crippen molar-refractivity contribution in [3.05, 3.63) is 0 Å². The second-order valence-corrected chi connectivity index (χ2v) is 11.3. The number of hydrogen-bond donors (Lipinski definition) is 3. The molecule has 9 nitrogen and oxygen atoms in total. The predicted molar refractivity (Wildman–Crippen MR) is 130 cm³/mol. The molecule has 1 aliphatic carbocycles. The van der Waals surface area contributed by atoms with Gasteiger partial charge in [-0.3, -0.25) is 9.83 Å². The van der Waals surface area contributed by atoms with Crippen LogP contribution in [0.25, 0.3) is 0 Å². The first-order chi connectivity index (χ1) is 15.3. The van der Waals surface area contributed by atoms with E-state index in [0.717, 1.165) is 77.0 Å². The molecular formula is C22H42N6O3S. The minimum atomic E-state index is -0.900. The van der Waals surface area contributed by atoms with Crippen molar-refractivity contribution < 1.29 is 14.2 Å². The number of guanidine groups is 1. The number of aliphatic hydroxyl groups is 1. The minimum Gasteiger partial charge on any atom is -0.388 e. The van der Waals surface area contributed by atoms with Gasteiger partial charge in [-0.15, -0.1) is 0 Å². The molecule has 3 fully saturated rings. The lowest BCUT2D eigenvalue weighted by Gasteiger charge is -2.35. The van der Waals surface area contributed by atoms with Crippen LogP contribution in [0.5, 0.6) is 0 Å². The van der Waals surface area contributed by atoms with Gasteiger partial charge in [0.1, 0.15) is 5.84 Å². The smallest absolute Gasteiger partial charge is 0.221 e. The Morgan fingerprint density at radius 2 is 1.84 bits per heavy atom. The molecule has 0 aromatic heterocycles. The van der Waals surface area contributed by atoms with E-state index in [1.165, 1.54) is 0 Å². The van der Waals surface area contributed by atoms with Gasteiger partial charge >= 0.3 is 0 Å². The van der Waals surface area contributed by atoms with Crippen LogP contribution in [0.2, 0.25) is 0 Å². The number of nitrogens with zero attached hydrogens (tertiary/aromatic N) is 4. The van der Waals surface area contributed by atoms with Crippen LogP contribution in [0.15, 0.2) is 9.98 Å². The summed E-state index contributed by atoms with van der Waals surface area (Å²) in [4.78, 5) is 17.1. The maximum absolute atomic E-state index is 13.0. The van der Waals surface area contributed by atoms with Crippen LogP contribution in [0, 0.1) is 0 Å². The van der Waals surface area contributed by atoms with Crippen molar-refractivity contribution in [2.24, 2.45) is 9.98 Å². The molecule has 32 heavy (non-hydrogen) atoms. The van der Waals surface area contributed by atoms with Gasteiger partial charge in [0, 0.05) is 19.5 Å². The quantitative estimate of drug-likeness (QED) is 0.308. The molecule has 3 aliphatic rings. The second kappa shape index (κ2) is 11.9. The van der Waals surface area contributed by atoms with Crippen LogP contribution in [-0.2, 0) is 15.8 Å². The molecule has 3 N–H and O–H groups in total. The number of piperidine rings is 2. The first-order valence-corrected chi connectivity index (χ1v) is 13.3. The number of amidine groups is 1. The van der Waals surface area contributed by atoms with E-state index in [2.05, 4.69) is 27.0 Å². The number of rotatable bonds is 6. The Morgan fingerprint density at radius 3 is 2.41 bits per heavy atom. The lowest BCUT2D eigenvalue weighted by molar-refractivity contribution is 0.0524. The largest absolute Gasteiger partial charge is 0.388 e. The third-order valence-electron chi connectivity index (χ3n) is 6.93. The zero-order valence-electron chi connectivity index (χ0n) is 20.2. The fourth-order valence-corrected chi connectivity index (χ4v) is 6.39. The van der Waals surface area contributed by atoms with Crippen LogP contribution >= 0.6 is 0 Å². The van der Waals surface area contributed by atoms with Gasteiger partial charge in [-0.2, -0.15) is 0 Å². The summed E-state index contributed by atoms with van der Waals surface area (Å²) < 4.78 is 15.1. The molecule has 2 heterocycles. The minimum absolute atomic E-state index is 0.0912. The lowest BCUT2D eigenvalue weighted by atomic mass is 10.0. The Labute approximate surface area is 195 Å². The van der Waals surface area contributed by atoms with E-state index >= 15 is 0 Å². The summed E-state index contributed by atoms with van der Waals surface area (Å²) in [6, 6.07) is 0.0464. The number of aliphatic imine (C=N–C) groups is 2. The van der Waals surface area contributed by atoms with Gasteiger partial charge in [-0.25, -0.2) is 19.0 Å². The molecule has 0 bridgehead atoms. The van der Waals surface area contributed by atoms with E-state index in [9.17, 15) is 9.32 Å². The van der Waals surface area contributed by atoms with Crippen molar-refractivity contribution in [1.82, 2.24) is 20.0 Å². The zero-order chi connectivity index (χ0) is 23.1. The van der Waals surface area contributed by atoms with Gasteiger partial charge in [-0.05, 0) is 72.0 Å². The van der Waals surface area contributed by atoms with Crippen LogP contribution in [0.4, 0.5) is 0 Å². The molecule has 184 valence electrons. The second-order valence-electron chi connectivity index (χ2n) is 9.54. The lowest BCUT2D eigenvalue weighted by Crippen LogP contribution is -2.46. The van der Waals surface area contributed by atoms with Crippen molar-refractivity contribution in [2.45, 2.75) is 88.1 Å². The van der Waals surface area contributed by atoms with Crippen molar-refractivity contribution in [2.75, 3.05) is 40.3 Å². The van der Waals surface area contributed by atoms with E-state index in [-0.39, 0.29) is 17.3 Å². The highest BCUT2D eigenvalue weighted by atomic mass is 32.2. The van der Waals surface area contributed by atoms with Crippen molar-refractivity contribution in [3.8, 4) is 0 Å². The Bertz CT molecular complexity index is 685. The summed E-state index contributed by atoms with van der Waals surface area (Å²) in [6.07, 6.45) is 7.15. The van der Waals surface area contributed by atoms with Gasteiger partial charge in [0.25, 0.3) is 0 Å². The van der Waals surface area contributed by atoms with Gasteiger partial charge in [0.05, 0.1) is 41.0 Å². The molecule has 0 aromatic carbocycles. The summed E-state index contributed by atoms with van der Waals surface area (Å²) in [5, 5.41) is 14.1. The van der Waals surface area contributed by atoms with Crippen LogP contribution in [0.3, 0.4) is 0 Å². The van der Waals surface area contributed by atoms with E-state index in [0.29, 0.717) is 12.4 Å². The number of likely N-dealkylation sites (tertiary alicyclic amines) is 1. The normalized spacial score (nSPS) is 31.1. The average molecular weight is 471 g/mol. The highest BCUT2D eigenvalue weighted by Gasteiger charge is 2.37. The first kappa shape index (κ1) is 25.6. The third-order valence-corrected chi connectivity index (χ3v) is 8.84. The highest BCUT2D eigenvalue weighted by molar-refractivity contribution is 7.83. The first-order valence-electron chi connectivity index (χ1n) is 12.1. The standard InChI is InChI=1S/C22H42N6O3S/c1-5-20(24-19-7-6-12-22(19,2)29)25-21(26-31-4)23-17-8-15-28(16-9-17)32(30)18-10-13-27(3)14-11-18/h17-19,29H,5-16H2,1-4H3,(H2,23,24,25,26)/t19?,22-,32?/m1/s1. The molecule has 3 atom stereocenters. The molecule has 0 amide bonds. The van der Waals surface area contributed by atoms with Crippen LogP contribution < -0.4 is 10.8 Å². The fourth-order valence-electron chi connectivity index (χ4n) is 4.78. The summed E-state index contributed by atoms with van der Waals surface area (Å²) in [5.74, 6) is 1.34. The Hall–Kier alpha value is -1.07. The monoisotopic (exact) mass is 470 g/mol. The van der Waals surface area contributed by atoms with Crippen LogP contribution in [-0.4, -0.2) is 93.6 Å². The third kappa shape index (κ3) is 6.96. The SMILES string of the molecule is CCC(=NC1CCC[C@@]1(C)O)NC(=NC1CCN(S(=O)C2CCN(C)CC2)CC1)NOC. The Balaban J connectivity index is 1.56. The zero-order valence-corrected chi connectivity index (χ0v) is 21.0. The van der Waals surface area contributed by atoms with Crippen molar-refractivity contribution >= 4 is 22.8 Å². The fraction of sp³-hybridized carbons (Fsp3) is 0.909. The molecule has 1 saturated carbocycles. The number of hydroxylamine groups is 1. The maximum Gasteiger partial charge on any atom is 0.221 e. The molecule has 10 heteroatoms. The van der Waals surface area contributed by atoms with Gasteiger partial charge in [0.2, 0.25) is 5.96 Å². The molecule has 2 saturated heterocycles. The Kier molecular flexibility index (Phi) is 9.48. The Morgan fingerprint density at radius 1 is 1.16 bits per heavy atom. The van der Waals surface area contributed by atoms with Gasteiger partial charge in [-0.1, -0.05) is 6.92 Å². The summed E-state index contributed by atoms with van der Waals surface area (Å²) in [7, 11) is 2.80. The molecule has 0 spiro atoms. The summed E-state index contributed by atoms with van der Waals surface area (Å²) in [5.41, 5.74) is 2.10. The number of nitrogens with one attached hydrogen (secondary N) is 2. The van der Waals surface area contributed by atoms with Gasteiger partial charge < -0.3 is 15.3 Å². The molecule has 2 aliphatic heterocycles. The molecule has 3 rings (SSSR count). The van der Waals surface area contributed by atoms with E-state index in [1.807, 2.05) is 13.8 Å². The predicted octanol–water partition coefficient (Wildman–Crippen LogP) is 1.42. The summed E-state index contributed by atoms with van der Waals surface area (Å²) in [6.45, 7) is 7.57.